The van der Waals surface area contributed by atoms with Crippen LogP contribution in [0.2, 0.25) is 0 Å². The predicted octanol–water partition coefficient (Wildman–Crippen LogP) is 2.25. The van der Waals surface area contributed by atoms with Gasteiger partial charge < -0.3 is 9.15 Å². The fourth-order valence-electron chi connectivity index (χ4n) is 2.01. The van der Waals surface area contributed by atoms with Crippen molar-refractivity contribution in [2.24, 2.45) is 0 Å². The Balaban J connectivity index is 1.65. The van der Waals surface area contributed by atoms with Crippen molar-refractivity contribution in [3.05, 3.63) is 76.8 Å². The molecule has 0 aliphatic heterocycles. The number of aromatic nitrogens is 2. The molecular weight excluding hydrogens is 296 g/mol. The Hall–Kier alpha value is -3.15. The number of hydrogen-bond donors (Lipinski definition) is 0. The van der Waals surface area contributed by atoms with Gasteiger partial charge in [0.1, 0.15) is 13.2 Å². The van der Waals surface area contributed by atoms with Crippen molar-refractivity contribution in [1.82, 2.24) is 9.78 Å². The smallest absolute Gasteiger partial charge is 0.437 e. The van der Waals surface area contributed by atoms with Crippen LogP contribution in [0, 0.1) is 0 Å². The maximum atomic E-state index is 11.8. The van der Waals surface area contributed by atoms with E-state index in [1.54, 1.807) is 12.1 Å². The minimum absolute atomic E-state index is 0.151. The number of carbonyl (C=O) groups is 1. The largest absolute Gasteiger partial charge is 0.459 e. The number of nitrogens with zero attached hydrogens (tertiary/aromatic N) is 2. The fraction of sp³-hybridized carbons (Fsp3) is 0.118. The first-order chi connectivity index (χ1) is 11.2. The highest BCUT2D eigenvalue weighted by Gasteiger charge is 2.13. The van der Waals surface area contributed by atoms with E-state index in [0.717, 1.165) is 10.2 Å². The molecule has 3 rings (SSSR count). The summed E-state index contributed by atoms with van der Waals surface area (Å²) in [6, 6.07) is 18.3. The van der Waals surface area contributed by atoms with Crippen molar-refractivity contribution in [3.8, 4) is 11.5 Å². The molecule has 1 heterocycles. The van der Waals surface area contributed by atoms with Gasteiger partial charge in [0.15, 0.2) is 0 Å². The van der Waals surface area contributed by atoms with Gasteiger partial charge in [-0.15, -0.1) is 5.10 Å². The van der Waals surface area contributed by atoms with Crippen molar-refractivity contribution in [2.75, 3.05) is 0 Å². The highest BCUT2D eigenvalue weighted by atomic mass is 16.5. The molecular formula is C17H14N2O4. The van der Waals surface area contributed by atoms with Crippen molar-refractivity contribution in [2.45, 2.75) is 13.2 Å². The summed E-state index contributed by atoms with van der Waals surface area (Å²) in [6.45, 7) is -0.139. The molecule has 0 amide bonds. The summed E-state index contributed by atoms with van der Waals surface area (Å²) in [4.78, 5) is 23.6. The van der Waals surface area contributed by atoms with Gasteiger partial charge >= 0.3 is 11.7 Å². The quantitative estimate of drug-likeness (QED) is 0.676. The van der Waals surface area contributed by atoms with Crippen LogP contribution in [0.4, 0.5) is 0 Å². The maximum absolute atomic E-state index is 11.8. The first kappa shape index (κ1) is 14.8. The zero-order valence-corrected chi connectivity index (χ0v) is 12.2. The second kappa shape index (κ2) is 6.74. The van der Waals surface area contributed by atoms with Gasteiger partial charge in [-0.2, -0.15) is 4.68 Å². The number of hydrogen-bond acceptors (Lipinski definition) is 5. The summed E-state index contributed by atoms with van der Waals surface area (Å²) in [6.07, 6.45) is 0. The van der Waals surface area contributed by atoms with E-state index in [1.165, 1.54) is 0 Å². The SMILES string of the molecule is O=C(Cn1nc(-c2ccccc2)oc1=O)OCc1ccccc1. The van der Waals surface area contributed by atoms with E-state index in [-0.39, 0.29) is 19.0 Å². The molecule has 23 heavy (non-hydrogen) atoms. The number of esters is 1. The summed E-state index contributed by atoms with van der Waals surface area (Å²) < 4.78 is 11.1. The molecule has 0 saturated carbocycles. The van der Waals surface area contributed by atoms with Crippen LogP contribution in [0.1, 0.15) is 5.56 Å². The van der Waals surface area contributed by atoms with E-state index in [9.17, 15) is 9.59 Å². The molecule has 0 N–H and O–H groups in total. The molecule has 0 fully saturated rings. The highest BCUT2D eigenvalue weighted by molar-refractivity contribution is 5.69. The van der Waals surface area contributed by atoms with Crippen LogP contribution in [0.3, 0.4) is 0 Å². The van der Waals surface area contributed by atoms with E-state index in [0.29, 0.717) is 5.56 Å². The van der Waals surface area contributed by atoms with Crippen LogP contribution in [0.25, 0.3) is 11.5 Å². The molecule has 2 aromatic carbocycles. The average molecular weight is 310 g/mol. The Kier molecular flexibility index (Phi) is 4.33. The lowest BCUT2D eigenvalue weighted by Crippen LogP contribution is -2.22. The molecule has 0 unspecified atom stereocenters. The molecule has 0 aliphatic carbocycles. The summed E-state index contributed by atoms with van der Waals surface area (Å²) in [5, 5.41) is 4.01. The van der Waals surface area contributed by atoms with Gasteiger partial charge in [-0.25, -0.2) is 4.79 Å². The van der Waals surface area contributed by atoms with E-state index in [4.69, 9.17) is 9.15 Å². The highest BCUT2D eigenvalue weighted by Crippen LogP contribution is 2.13. The summed E-state index contributed by atoms with van der Waals surface area (Å²) >= 11 is 0. The van der Waals surface area contributed by atoms with E-state index in [2.05, 4.69) is 5.10 Å². The van der Waals surface area contributed by atoms with Crippen LogP contribution < -0.4 is 5.76 Å². The van der Waals surface area contributed by atoms with Crippen molar-refractivity contribution < 1.29 is 13.9 Å². The van der Waals surface area contributed by atoms with E-state index in [1.807, 2.05) is 48.5 Å². The van der Waals surface area contributed by atoms with Crippen LogP contribution >= 0.6 is 0 Å². The van der Waals surface area contributed by atoms with Crippen molar-refractivity contribution in [1.29, 1.82) is 0 Å². The van der Waals surface area contributed by atoms with Gasteiger partial charge in [0, 0.05) is 5.56 Å². The van der Waals surface area contributed by atoms with Crippen LogP contribution in [-0.4, -0.2) is 15.7 Å². The lowest BCUT2D eigenvalue weighted by atomic mass is 10.2. The first-order valence-corrected chi connectivity index (χ1v) is 7.05. The van der Waals surface area contributed by atoms with Crippen molar-refractivity contribution >= 4 is 5.97 Å². The molecule has 0 radical (unpaired) electrons. The normalized spacial score (nSPS) is 10.4. The first-order valence-electron chi connectivity index (χ1n) is 7.05. The Morgan fingerprint density at radius 3 is 2.39 bits per heavy atom. The predicted molar refractivity (Wildman–Crippen MR) is 82.4 cm³/mol. The Labute approximate surface area is 131 Å². The van der Waals surface area contributed by atoms with E-state index < -0.39 is 11.7 Å². The molecule has 0 aliphatic rings. The van der Waals surface area contributed by atoms with Crippen molar-refractivity contribution in [3.63, 3.8) is 0 Å². The zero-order chi connectivity index (χ0) is 16.1. The third-order valence-electron chi connectivity index (χ3n) is 3.15. The maximum Gasteiger partial charge on any atom is 0.437 e. The lowest BCUT2D eigenvalue weighted by molar-refractivity contribution is -0.146. The lowest BCUT2D eigenvalue weighted by Gasteiger charge is -2.03. The molecule has 0 bridgehead atoms. The van der Waals surface area contributed by atoms with Gasteiger partial charge in [-0.3, -0.25) is 4.79 Å². The minimum Gasteiger partial charge on any atom is -0.459 e. The molecule has 0 atom stereocenters. The monoisotopic (exact) mass is 310 g/mol. The van der Waals surface area contributed by atoms with Gasteiger partial charge in [0.05, 0.1) is 0 Å². The molecule has 6 heteroatoms. The number of rotatable bonds is 5. The average Bonchev–Trinajstić information content (AvgIpc) is 2.95. The van der Waals surface area contributed by atoms with Crippen LogP contribution in [0.15, 0.2) is 69.9 Å². The zero-order valence-electron chi connectivity index (χ0n) is 12.2. The Morgan fingerprint density at radius 1 is 1.04 bits per heavy atom. The molecule has 6 nitrogen and oxygen atoms in total. The molecule has 1 aromatic heterocycles. The number of ether oxygens (including phenoxy) is 1. The van der Waals surface area contributed by atoms with Gasteiger partial charge in [0.25, 0.3) is 0 Å². The summed E-state index contributed by atoms with van der Waals surface area (Å²) in [7, 11) is 0. The number of benzene rings is 2. The fourth-order valence-corrected chi connectivity index (χ4v) is 2.01. The number of carbonyl (C=O) groups excluding carboxylic acids is 1. The molecule has 116 valence electrons. The van der Waals surface area contributed by atoms with E-state index >= 15 is 0 Å². The third kappa shape index (κ3) is 3.74. The van der Waals surface area contributed by atoms with Gasteiger partial charge in [-0.1, -0.05) is 48.5 Å². The van der Waals surface area contributed by atoms with Crippen LogP contribution in [-0.2, 0) is 22.7 Å². The Morgan fingerprint density at radius 2 is 1.70 bits per heavy atom. The molecule has 3 aromatic rings. The summed E-state index contributed by atoms with van der Waals surface area (Å²) in [5.41, 5.74) is 1.54. The topological polar surface area (TPSA) is 74.3 Å². The van der Waals surface area contributed by atoms with Gasteiger partial charge in [-0.05, 0) is 17.7 Å². The third-order valence-corrected chi connectivity index (χ3v) is 3.15. The molecule has 0 spiro atoms. The second-order valence-corrected chi connectivity index (χ2v) is 4.84. The van der Waals surface area contributed by atoms with Crippen LogP contribution in [0.5, 0.6) is 0 Å². The molecule has 0 saturated heterocycles. The second-order valence-electron chi connectivity index (χ2n) is 4.84. The van der Waals surface area contributed by atoms with Gasteiger partial charge in [0.2, 0.25) is 5.89 Å². The standard InChI is InChI=1S/C17H14N2O4/c20-15(22-12-13-7-3-1-4-8-13)11-19-17(21)23-16(18-19)14-9-5-2-6-10-14/h1-10H,11-12H2. The minimum atomic E-state index is -0.694. The summed E-state index contributed by atoms with van der Waals surface area (Å²) in [5.74, 6) is -1.07. The Bertz CT molecular complexity index is 838.